The molecule has 1 saturated heterocycles. The topological polar surface area (TPSA) is 58.6 Å². The molecule has 2 aromatic carbocycles. The molecule has 2 aromatic rings. The third-order valence-electron chi connectivity index (χ3n) is 4.50. The number of carbonyl (C=O) groups is 2. The van der Waals surface area contributed by atoms with Crippen LogP contribution in [0.15, 0.2) is 48.5 Å². The predicted octanol–water partition coefficient (Wildman–Crippen LogP) is 4.63. The first kappa shape index (κ1) is 20.0. The highest BCUT2D eigenvalue weighted by Gasteiger charge is 2.22. The van der Waals surface area contributed by atoms with Gasteiger partial charge < -0.3 is 15.0 Å². The normalized spacial score (nSPS) is 13.7. The van der Waals surface area contributed by atoms with Crippen LogP contribution in [0.1, 0.15) is 35.7 Å². The minimum atomic E-state index is -0.343. The first-order chi connectivity index (χ1) is 13.6. The molecule has 3 rings (SSSR count). The Morgan fingerprint density at radius 3 is 2.68 bits per heavy atom. The SMILES string of the molecule is CCOc1ccccc1/C=C/C(=O)Nc1cc(Cl)ccc1C(=O)N1CCCC1. The van der Waals surface area contributed by atoms with Crippen LogP contribution in [0.4, 0.5) is 5.69 Å². The molecule has 0 saturated carbocycles. The summed E-state index contributed by atoms with van der Waals surface area (Å²) in [5, 5.41) is 3.24. The van der Waals surface area contributed by atoms with Crippen LogP contribution in [0.5, 0.6) is 5.75 Å². The minimum absolute atomic E-state index is 0.0878. The molecule has 6 heteroatoms. The fourth-order valence-corrected chi connectivity index (χ4v) is 3.31. The number of benzene rings is 2. The number of nitrogens with zero attached hydrogens (tertiary/aromatic N) is 1. The van der Waals surface area contributed by atoms with E-state index in [2.05, 4.69) is 5.32 Å². The molecule has 2 amide bonds. The molecule has 1 aliphatic rings. The first-order valence-corrected chi connectivity index (χ1v) is 9.76. The van der Waals surface area contributed by atoms with Crippen molar-refractivity contribution in [3.63, 3.8) is 0 Å². The molecule has 0 atom stereocenters. The molecule has 0 aromatic heterocycles. The summed E-state index contributed by atoms with van der Waals surface area (Å²) in [6.45, 7) is 3.93. The Balaban J connectivity index is 1.77. The van der Waals surface area contributed by atoms with Gasteiger partial charge in [0.25, 0.3) is 5.91 Å². The number of ether oxygens (including phenoxy) is 1. The van der Waals surface area contributed by atoms with Crippen molar-refractivity contribution in [2.24, 2.45) is 0 Å². The highest BCUT2D eigenvalue weighted by Crippen LogP contribution is 2.25. The summed E-state index contributed by atoms with van der Waals surface area (Å²) < 4.78 is 5.56. The largest absolute Gasteiger partial charge is 0.493 e. The smallest absolute Gasteiger partial charge is 0.255 e. The standard InChI is InChI=1S/C22H23ClN2O3/c1-2-28-20-8-4-3-7-16(20)9-12-21(26)24-19-15-17(23)10-11-18(19)22(27)25-13-5-6-14-25/h3-4,7-12,15H,2,5-6,13-14H2,1H3,(H,24,26)/b12-9+. The van der Waals surface area contributed by atoms with Gasteiger partial charge in [-0.05, 0) is 50.1 Å². The Kier molecular flexibility index (Phi) is 6.71. The van der Waals surface area contributed by atoms with Crippen LogP contribution in [0.3, 0.4) is 0 Å². The summed E-state index contributed by atoms with van der Waals surface area (Å²) >= 11 is 6.08. The number of halogens is 1. The van der Waals surface area contributed by atoms with E-state index < -0.39 is 0 Å². The van der Waals surface area contributed by atoms with Gasteiger partial charge in [-0.15, -0.1) is 0 Å². The van der Waals surface area contributed by atoms with Gasteiger partial charge in [0.2, 0.25) is 5.91 Å². The molecule has 1 aliphatic heterocycles. The maximum Gasteiger partial charge on any atom is 0.255 e. The molecule has 1 N–H and O–H groups in total. The van der Waals surface area contributed by atoms with E-state index in [-0.39, 0.29) is 11.8 Å². The van der Waals surface area contributed by atoms with Crippen LogP contribution in [-0.2, 0) is 4.79 Å². The third-order valence-corrected chi connectivity index (χ3v) is 4.73. The van der Waals surface area contributed by atoms with Crippen LogP contribution in [-0.4, -0.2) is 36.4 Å². The molecule has 0 radical (unpaired) electrons. The Bertz CT molecular complexity index is 889. The Labute approximate surface area is 169 Å². The van der Waals surface area contributed by atoms with Gasteiger partial charge in [-0.1, -0.05) is 29.8 Å². The van der Waals surface area contributed by atoms with E-state index in [0.717, 1.165) is 31.5 Å². The van der Waals surface area contributed by atoms with Crippen LogP contribution in [0.25, 0.3) is 6.08 Å². The first-order valence-electron chi connectivity index (χ1n) is 9.38. The molecule has 0 unspecified atom stereocenters. The summed E-state index contributed by atoms with van der Waals surface area (Å²) in [5.74, 6) is 0.279. The van der Waals surface area contributed by atoms with Gasteiger partial charge in [0.15, 0.2) is 0 Å². The average Bonchev–Trinajstić information content (AvgIpc) is 3.22. The fourth-order valence-electron chi connectivity index (χ4n) is 3.14. The lowest BCUT2D eigenvalue weighted by Gasteiger charge is -2.18. The van der Waals surface area contributed by atoms with Gasteiger partial charge >= 0.3 is 0 Å². The zero-order chi connectivity index (χ0) is 19.9. The summed E-state index contributed by atoms with van der Waals surface area (Å²) in [6, 6.07) is 12.4. The van der Waals surface area contributed by atoms with Crippen molar-refractivity contribution in [3.8, 4) is 5.75 Å². The van der Waals surface area contributed by atoms with Gasteiger partial charge in [-0.3, -0.25) is 9.59 Å². The number of rotatable bonds is 6. The molecule has 1 heterocycles. The van der Waals surface area contributed by atoms with Gasteiger partial charge in [0.05, 0.1) is 17.9 Å². The second kappa shape index (κ2) is 9.42. The minimum Gasteiger partial charge on any atom is -0.493 e. The lowest BCUT2D eigenvalue weighted by atomic mass is 10.1. The summed E-state index contributed by atoms with van der Waals surface area (Å²) in [5.41, 5.74) is 1.67. The Morgan fingerprint density at radius 2 is 1.93 bits per heavy atom. The van der Waals surface area contributed by atoms with E-state index in [9.17, 15) is 9.59 Å². The van der Waals surface area contributed by atoms with Gasteiger partial charge in [0, 0.05) is 29.8 Å². The highest BCUT2D eigenvalue weighted by atomic mass is 35.5. The monoisotopic (exact) mass is 398 g/mol. The second-order valence-electron chi connectivity index (χ2n) is 6.48. The number of hydrogen-bond acceptors (Lipinski definition) is 3. The maximum atomic E-state index is 12.8. The van der Waals surface area contributed by atoms with Crippen molar-refractivity contribution in [1.82, 2.24) is 4.90 Å². The van der Waals surface area contributed by atoms with E-state index in [1.54, 1.807) is 29.2 Å². The van der Waals surface area contributed by atoms with Crippen molar-refractivity contribution in [1.29, 1.82) is 0 Å². The number of carbonyl (C=O) groups excluding carboxylic acids is 2. The van der Waals surface area contributed by atoms with E-state index in [4.69, 9.17) is 16.3 Å². The summed E-state index contributed by atoms with van der Waals surface area (Å²) in [7, 11) is 0. The maximum absolute atomic E-state index is 12.8. The molecule has 28 heavy (non-hydrogen) atoms. The molecule has 1 fully saturated rings. The Morgan fingerprint density at radius 1 is 1.18 bits per heavy atom. The zero-order valence-electron chi connectivity index (χ0n) is 15.8. The van der Waals surface area contributed by atoms with Crippen LogP contribution >= 0.6 is 11.6 Å². The van der Waals surface area contributed by atoms with Crippen LogP contribution in [0, 0.1) is 0 Å². The number of nitrogens with one attached hydrogen (secondary N) is 1. The molecule has 146 valence electrons. The van der Waals surface area contributed by atoms with Crippen molar-refractivity contribution in [3.05, 3.63) is 64.7 Å². The van der Waals surface area contributed by atoms with E-state index in [1.165, 1.54) is 6.08 Å². The van der Waals surface area contributed by atoms with Gasteiger partial charge in [0.1, 0.15) is 5.75 Å². The number of amides is 2. The lowest BCUT2D eigenvalue weighted by molar-refractivity contribution is -0.111. The summed E-state index contributed by atoms with van der Waals surface area (Å²) in [4.78, 5) is 27.0. The molecular formula is C22H23ClN2O3. The summed E-state index contributed by atoms with van der Waals surface area (Å²) in [6.07, 6.45) is 5.11. The van der Waals surface area contributed by atoms with Gasteiger partial charge in [-0.25, -0.2) is 0 Å². The zero-order valence-corrected chi connectivity index (χ0v) is 16.5. The number of para-hydroxylation sites is 1. The van der Waals surface area contributed by atoms with Crippen molar-refractivity contribution >= 4 is 35.2 Å². The molecule has 5 nitrogen and oxygen atoms in total. The van der Waals surface area contributed by atoms with Crippen LogP contribution < -0.4 is 10.1 Å². The quantitative estimate of drug-likeness (QED) is 0.722. The lowest BCUT2D eigenvalue weighted by Crippen LogP contribution is -2.28. The van der Waals surface area contributed by atoms with Crippen molar-refractivity contribution in [2.75, 3.05) is 25.0 Å². The second-order valence-corrected chi connectivity index (χ2v) is 6.92. The number of anilines is 1. The Hall–Kier alpha value is -2.79. The number of likely N-dealkylation sites (tertiary alicyclic amines) is 1. The predicted molar refractivity (Wildman–Crippen MR) is 112 cm³/mol. The van der Waals surface area contributed by atoms with E-state index in [0.29, 0.717) is 28.6 Å². The third kappa shape index (κ3) is 4.93. The molecule has 0 bridgehead atoms. The van der Waals surface area contributed by atoms with Crippen molar-refractivity contribution < 1.29 is 14.3 Å². The van der Waals surface area contributed by atoms with Gasteiger partial charge in [-0.2, -0.15) is 0 Å². The van der Waals surface area contributed by atoms with E-state index in [1.807, 2.05) is 31.2 Å². The van der Waals surface area contributed by atoms with Crippen molar-refractivity contribution in [2.45, 2.75) is 19.8 Å². The van der Waals surface area contributed by atoms with E-state index >= 15 is 0 Å². The highest BCUT2D eigenvalue weighted by molar-refractivity contribution is 6.31. The number of hydrogen-bond donors (Lipinski definition) is 1. The molecule has 0 aliphatic carbocycles. The van der Waals surface area contributed by atoms with Crippen LogP contribution in [0.2, 0.25) is 5.02 Å². The molecular weight excluding hydrogens is 376 g/mol. The average molecular weight is 399 g/mol. The fraction of sp³-hybridized carbons (Fsp3) is 0.273. The molecule has 0 spiro atoms.